The Hall–Kier alpha value is -2.15. The lowest BCUT2D eigenvalue weighted by molar-refractivity contribution is 0.0598. The molecule has 0 spiro atoms. The first kappa shape index (κ1) is 32.1. The maximum absolute atomic E-state index is 13.0. The van der Waals surface area contributed by atoms with Crippen molar-refractivity contribution in [3.8, 4) is 11.5 Å². The van der Waals surface area contributed by atoms with Crippen LogP contribution in [0.2, 0.25) is 18.1 Å². The summed E-state index contributed by atoms with van der Waals surface area (Å²) in [5.74, 6) is 3.05. The van der Waals surface area contributed by atoms with Crippen LogP contribution in [0.1, 0.15) is 73.9 Å². The molecule has 0 saturated carbocycles. The molecular formula is C26H42N4O5S2Si. The van der Waals surface area contributed by atoms with Gasteiger partial charge < -0.3 is 29.5 Å². The van der Waals surface area contributed by atoms with E-state index in [0.29, 0.717) is 56.8 Å². The fourth-order valence-electron chi connectivity index (χ4n) is 3.90. The first-order valence-electron chi connectivity index (χ1n) is 12.5. The number of rotatable bonds is 13. The summed E-state index contributed by atoms with van der Waals surface area (Å²) in [6.07, 6.45) is 0. The molecule has 0 saturated heterocycles. The molecule has 3 N–H and O–H groups in total. The number of ether oxygens (including phenoxy) is 2. The van der Waals surface area contributed by atoms with E-state index in [9.17, 15) is 4.79 Å². The Labute approximate surface area is 237 Å². The van der Waals surface area contributed by atoms with E-state index in [-0.39, 0.29) is 17.6 Å². The van der Waals surface area contributed by atoms with E-state index in [2.05, 4.69) is 56.2 Å². The Morgan fingerprint density at radius 3 is 2.45 bits per heavy atom. The normalized spacial score (nSPS) is 12.8. The van der Waals surface area contributed by atoms with Crippen LogP contribution in [-0.2, 0) is 17.0 Å². The zero-order valence-electron chi connectivity index (χ0n) is 24.2. The highest BCUT2D eigenvalue weighted by atomic mass is 32.2. The lowest BCUT2D eigenvalue weighted by atomic mass is 9.99. The van der Waals surface area contributed by atoms with Crippen molar-refractivity contribution in [1.82, 2.24) is 15.5 Å². The lowest BCUT2D eigenvalue weighted by Gasteiger charge is -2.43. The molecule has 0 bridgehead atoms. The van der Waals surface area contributed by atoms with Crippen molar-refractivity contribution < 1.29 is 23.2 Å². The number of esters is 1. The predicted octanol–water partition coefficient (Wildman–Crippen LogP) is 5.56. The van der Waals surface area contributed by atoms with E-state index < -0.39 is 14.3 Å². The van der Waals surface area contributed by atoms with E-state index in [0.717, 1.165) is 5.56 Å². The first-order valence-corrected chi connectivity index (χ1v) is 17.0. The summed E-state index contributed by atoms with van der Waals surface area (Å²) in [6, 6.07) is 1.58. The van der Waals surface area contributed by atoms with Gasteiger partial charge in [-0.15, -0.1) is 0 Å². The molecule has 12 heteroatoms. The second kappa shape index (κ2) is 13.3. The van der Waals surface area contributed by atoms with Crippen LogP contribution in [0, 0.1) is 12.8 Å². The van der Waals surface area contributed by atoms with Crippen molar-refractivity contribution in [1.29, 1.82) is 0 Å². The van der Waals surface area contributed by atoms with Gasteiger partial charge in [-0.3, -0.25) is 0 Å². The number of aromatic nitrogens is 2. The molecule has 0 aliphatic carbocycles. The van der Waals surface area contributed by atoms with Crippen LogP contribution in [-0.4, -0.2) is 49.4 Å². The molecule has 9 nitrogen and oxygen atoms in total. The van der Waals surface area contributed by atoms with Gasteiger partial charge in [0.25, 0.3) is 8.32 Å². The molecule has 1 aromatic carbocycles. The Morgan fingerprint density at radius 1 is 1.29 bits per heavy atom. The van der Waals surface area contributed by atoms with E-state index in [1.54, 1.807) is 25.8 Å². The summed E-state index contributed by atoms with van der Waals surface area (Å²) >= 11 is 6.87. The lowest BCUT2D eigenvalue weighted by Crippen LogP contribution is -2.48. The molecule has 0 amide bonds. The average molecular weight is 583 g/mol. The molecule has 38 heavy (non-hydrogen) atoms. The molecule has 2 rings (SSSR count). The number of carbonyl (C=O) groups excluding carboxylic acids is 1. The monoisotopic (exact) mass is 582 g/mol. The molecule has 0 aliphatic rings. The van der Waals surface area contributed by atoms with Gasteiger partial charge in [-0.2, -0.15) is 16.7 Å². The van der Waals surface area contributed by atoms with Crippen molar-refractivity contribution in [2.75, 3.05) is 20.0 Å². The summed E-state index contributed by atoms with van der Waals surface area (Å²) in [5, 5.41) is 7.09. The number of methoxy groups -OCH3 is 2. The summed E-state index contributed by atoms with van der Waals surface area (Å²) in [5.41, 5.74) is 7.59. The molecule has 1 aromatic heterocycles. The maximum Gasteiger partial charge on any atom is 0.338 e. The third-order valence-corrected chi connectivity index (χ3v) is 13.0. The number of nitrogens with zero attached hydrogens (tertiary/aromatic N) is 2. The highest BCUT2D eigenvalue weighted by Crippen LogP contribution is 2.47. The summed E-state index contributed by atoms with van der Waals surface area (Å²) in [6.45, 7) is 17.2. The topological polar surface area (TPSA) is 122 Å². The highest BCUT2D eigenvalue weighted by Gasteiger charge is 2.45. The molecule has 0 radical (unpaired) electrons. The minimum Gasteiger partial charge on any atom is -0.543 e. The zero-order valence-corrected chi connectivity index (χ0v) is 26.8. The zero-order chi connectivity index (χ0) is 28.8. The number of carbonyl (C=O) groups is 1. The fourth-order valence-corrected chi connectivity index (χ4v) is 7.50. The third kappa shape index (κ3) is 7.28. The van der Waals surface area contributed by atoms with Crippen LogP contribution in [0.4, 0.5) is 0 Å². The number of hydrogen-bond acceptors (Lipinski definition) is 10. The quantitative estimate of drug-likeness (QED) is 0.175. The van der Waals surface area contributed by atoms with Crippen LogP contribution in [0.3, 0.4) is 0 Å². The highest BCUT2D eigenvalue weighted by molar-refractivity contribution is 7.98. The summed E-state index contributed by atoms with van der Waals surface area (Å²) < 4.78 is 23.1. The van der Waals surface area contributed by atoms with Crippen molar-refractivity contribution >= 4 is 43.3 Å². The molecule has 212 valence electrons. The van der Waals surface area contributed by atoms with Crippen LogP contribution in [0.5, 0.6) is 11.5 Å². The first-order chi connectivity index (χ1) is 17.7. The van der Waals surface area contributed by atoms with Gasteiger partial charge in [-0.1, -0.05) is 45.1 Å². The molecular weight excluding hydrogens is 541 g/mol. The largest absolute Gasteiger partial charge is 0.543 e. The van der Waals surface area contributed by atoms with Crippen LogP contribution in [0.15, 0.2) is 10.6 Å². The number of nitrogens with one attached hydrogen (secondary N) is 1. The number of thioether (sulfide) groups is 1. The van der Waals surface area contributed by atoms with Gasteiger partial charge in [0.2, 0.25) is 5.89 Å². The van der Waals surface area contributed by atoms with Gasteiger partial charge in [0, 0.05) is 28.7 Å². The molecule has 0 fully saturated rings. The van der Waals surface area contributed by atoms with Gasteiger partial charge >= 0.3 is 5.97 Å². The fraction of sp³-hybridized carbons (Fsp3) is 0.615. The van der Waals surface area contributed by atoms with Crippen molar-refractivity contribution in [2.24, 2.45) is 11.7 Å². The van der Waals surface area contributed by atoms with Gasteiger partial charge in [0.05, 0.1) is 31.3 Å². The van der Waals surface area contributed by atoms with E-state index >= 15 is 0 Å². The van der Waals surface area contributed by atoms with Gasteiger partial charge in [-0.05, 0) is 37.9 Å². The van der Waals surface area contributed by atoms with E-state index in [1.807, 2.05) is 13.0 Å². The minimum atomic E-state index is -2.32. The number of hydrogen-bond donors (Lipinski definition) is 2. The number of benzene rings is 1. The van der Waals surface area contributed by atoms with Crippen LogP contribution in [0.25, 0.3) is 0 Å². The SMILES string of the molecule is COC(=O)c1c(C)c(OC)cc(O[Si](C)(C)C(C)(C)C(C)C)c1CSCC(NC(C)=S)c1nc(CN)no1. The van der Waals surface area contributed by atoms with E-state index in [1.165, 1.54) is 7.11 Å². The average Bonchev–Trinajstić information content (AvgIpc) is 3.33. The standard InChI is InChI=1S/C26H42N4O5S2Si/c1-15(2)26(5,6)38(9,10)35-21-11-20(32-7)16(3)23(25(31)33-8)18(21)13-37-14-19(28-17(4)36)24-29-22(12-27)30-34-24/h11,15,19H,12-14,27H2,1-10H3,(H,28,36). The molecule has 2 aromatic rings. The van der Waals surface area contributed by atoms with Crippen LogP contribution < -0.4 is 20.2 Å². The summed E-state index contributed by atoms with van der Waals surface area (Å²) in [7, 11) is 0.655. The Bertz CT molecular complexity index is 1140. The van der Waals surface area contributed by atoms with Crippen molar-refractivity contribution in [2.45, 2.75) is 78.0 Å². The van der Waals surface area contributed by atoms with Crippen molar-refractivity contribution in [3.63, 3.8) is 0 Å². The molecule has 1 atom stereocenters. The van der Waals surface area contributed by atoms with Crippen molar-refractivity contribution in [3.05, 3.63) is 34.5 Å². The summed E-state index contributed by atoms with van der Waals surface area (Å²) in [4.78, 5) is 18.0. The third-order valence-electron chi connectivity index (χ3n) is 7.45. The Morgan fingerprint density at radius 2 is 1.95 bits per heavy atom. The minimum absolute atomic E-state index is 0.0363. The Kier molecular flexibility index (Phi) is 11.2. The Balaban J connectivity index is 2.51. The maximum atomic E-state index is 13.0. The molecule has 1 heterocycles. The predicted molar refractivity (Wildman–Crippen MR) is 159 cm³/mol. The van der Waals surface area contributed by atoms with Gasteiger partial charge in [0.15, 0.2) is 5.82 Å². The van der Waals surface area contributed by atoms with Crippen LogP contribution >= 0.6 is 24.0 Å². The number of thiocarbonyl (C=S) groups is 1. The number of nitrogens with two attached hydrogens (primary N) is 1. The second-order valence-corrected chi connectivity index (χ2v) is 16.7. The molecule has 0 aliphatic heterocycles. The smallest absolute Gasteiger partial charge is 0.338 e. The second-order valence-electron chi connectivity index (χ2n) is 10.6. The molecule has 1 unspecified atom stereocenters. The van der Waals surface area contributed by atoms with E-state index in [4.69, 9.17) is 36.4 Å². The van der Waals surface area contributed by atoms with Gasteiger partial charge in [-0.25, -0.2) is 4.79 Å². The van der Waals surface area contributed by atoms with Gasteiger partial charge in [0.1, 0.15) is 17.5 Å².